The molecule has 1 heterocycles. The van der Waals surface area contributed by atoms with Crippen LogP contribution in [0.3, 0.4) is 0 Å². The first-order chi connectivity index (χ1) is 14.2. The van der Waals surface area contributed by atoms with E-state index in [4.69, 9.17) is 9.47 Å². The van der Waals surface area contributed by atoms with E-state index in [-0.39, 0.29) is 17.8 Å². The molecule has 4 nitrogen and oxygen atoms in total. The topological polar surface area (TPSA) is 38.8 Å². The predicted molar refractivity (Wildman–Crippen MR) is 109 cm³/mol. The number of halogens is 1. The zero-order valence-corrected chi connectivity index (χ0v) is 16.7. The van der Waals surface area contributed by atoms with Gasteiger partial charge < -0.3 is 14.4 Å². The lowest BCUT2D eigenvalue weighted by Gasteiger charge is -2.24. The number of ether oxygens (including phenoxy) is 2. The summed E-state index contributed by atoms with van der Waals surface area (Å²) >= 11 is 0. The number of carbonyl (C=O) groups is 1. The molecule has 154 valence electrons. The Kier molecular flexibility index (Phi) is 6.45. The Hall–Kier alpha value is -2.40. The van der Waals surface area contributed by atoms with E-state index in [1.807, 2.05) is 29.2 Å². The van der Waals surface area contributed by atoms with Crippen molar-refractivity contribution in [2.45, 2.75) is 57.2 Å². The van der Waals surface area contributed by atoms with Crippen LogP contribution < -0.4 is 4.74 Å². The Morgan fingerprint density at radius 3 is 2.62 bits per heavy atom. The van der Waals surface area contributed by atoms with E-state index >= 15 is 0 Å². The molecule has 1 saturated carbocycles. The Morgan fingerprint density at radius 2 is 1.90 bits per heavy atom. The third-order valence-electron chi connectivity index (χ3n) is 5.54. The molecule has 2 aromatic carbocycles. The highest BCUT2D eigenvalue weighted by Crippen LogP contribution is 2.30. The zero-order valence-electron chi connectivity index (χ0n) is 16.7. The maximum atomic E-state index is 13.1. The SMILES string of the molecule is O=C(Cc1ccc(F)cc1)N(Cc1cccc(OCC2CCCCO2)c1)C1CC1. The molecule has 1 unspecified atom stereocenters. The number of hydrogen-bond donors (Lipinski definition) is 0. The van der Waals surface area contributed by atoms with Crippen LogP contribution in [0.1, 0.15) is 43.2 Å². The van der Waals surface area contributed by atoms with Crippen LogP contribution in [0.5, 0.6) is 5.75 Å². The Balaban J connectivity index is 1.36. The third-order valence-corrected chi connectivity index (χ3v) is 5.54. The largest absolute Gasteiger partial charge is 0.491 e. The molecule has 2 aliphatic rings. The highest BCUT2D eigenvalue weighted by Gasteiger charge is 2.32. The first kappa shape index (κ1) is 19.9. The normalized spacial score (nSPS) is 19.0. The Morgan fingerprint density at radius 1 is 1.07 bits per heavy atom. The zero-order chi connectivity index (χ0) is 20.1. The van der Waals surface area contributed by atoms with Crippen molar-refractivity contribution in [2.75, 3.05) is 13.2 Å². The quantitative estimate of drug-likeness (QED) is 0.658. The van der Waals surface area contributed by atoms with Gasteiger partial charge in [0.25, 0.3) is 0 Å². The first-order valence-electron chi connectivity index (χ1n) is 10.5. The van der Waals surface area contributed by atoms with Crippen molar-refractivity contribution in [3.63, 3.8) is 0 Å². The van der Waals surface area contributed by atoms with E-state index < -0.39 is 0 Å². The minimum Gasteiger partial charge on any atom is -0.491 e. The number of benzene rings is 2. The summed E-state index contributed by atoms with van der Waals surface area (Å²) in [6.45, 7) is 1.96. The van der Waals surface area contributed by atoms with Crippen molar-refractivity contribution in [2.24, 2.45) is 0 Å². The molecule has 1 aliphatic heterocycles. The third kappa shape index (κ3) is 5.80. The molecule has 5 heteroatoms. The molecule has 0 bridgehead atoms. The number of amides is 1. The summed E-state index contributed by atoms with van der Waals surface area (Å²) in [4.78, 5) is 14.8. The minimum absolute atomic E-state index is 0.0843. The van der Waals surface area contributed by atoms with Gasteiger partial charge in [-0.05, 0) is 67.5 Å². The van der Waals surface area contributed by atoms with Crippen LogP contribution in [-0.2, 0) is 22.5 Å². The molecular formula is C24H28FNO3. The summed E-state index contributed by atoms with van der Waals surface area (Å²) < 4.78 is 24.8. The summed E-state index contributed by atoms with van der Waals surface area (Å²) in [6, 6.07) is 14.5. The van der Waals surface area contributed by atoms with E-state index in [0.29, 0.717) is 25.6 Å². The summed E-state index contributed by atoms with van der Waals surface area (Å²) in [7, 11) is 0. The number of nitrogens with zero attached hydrogens (tertiary/aromatic N) is 1. The molecule has 0 aromatic heterocycles. The summed E-state index contributed by atoms with van der Waals surface area (Å²) in [5.74, 6) is 0.620. The van der Waals surface area contributed by atoms with Gasteiger partial charge in [0.1, 0.15) is 18.2 Å². The second-order valence-corrected chi connectivity index (χ2v) is 8.00. The van der Waals surface area contributed by atoms with Crippen molar-refractivity contribution in [3.05, 3.63) is 65.5 Å². The van der Waals surface area contributed by atoms with Gasteiger partial charge in [-0.1, -0.05) is 24.3 Å². The van der Waals surface area contributed by atoms with E-state index in [1.54, 1.807) is 12.1 Å². The van der Waals surface area contributed by atoms with Crippen LogP contribution in [0.4, 0.5) is 4.39 Å². The van der Waals surface area contributed by atoms with Crippen molar-refractivity contribution in [3.8, 4) is 5.75 Å². The van der Waals surface area contributed by atoms with Crippen LogP contribution in [0.2, 0.25) is 0 Å². The average molecular weight is 397 g/mol. The van der Waals surface area contributed by atoms with E-state index in [0.717, 1.165) is 49.2 Å². The van der Waals surface area contributed by atoms with Gasteiger partial charge in [0, 0.05) is 19.2 Å². The fourth-order valence-corrected chi connectivity index (χ4v) is 3.74. The minimum atomic E-state index is -0.282. The Bertz CT molecular complexity index is 813. The fourth-order valence-electron chi connectivity index (χ4n) is 3.74. The van der Waals surface area contributed by atoms with E-state index in [1.165, 1.54) is 18.6 Å². The lowest BCUT2D eigenvalue weighted by Crippen LogP contribution is -2.33. The summed E-state index contributed by atoms with van der Waals surface area (Å²) in [5.41, 5.74) is 1.90. The van der Waals surface area contributed by atoms with E-state index in [9.17, 15) is 9.18 Å². The van der Waals surface area contributed by atoms with Gasteiger partial charge in [-0.25, -0.2) is 4.39 Å². The molecule has 1 saturated heterocycles. The van der Waals surface area contributed by atoms with Gasteiger partial charge in [-0.15, -0.1) is 0 Å². The Labute approximate surface area is 171 Å². The van der Waals surface area contributed by atoms with Gasteiger partial charge in [0.05, 0.1) is 12.5 Å². The van der Waals surface area contributed by atoms with Crippen molar-refractivity contribution >= 4 is 5.91 Å². The molecule has 0 N–H and O–H groups in total. The van der Waals surface area contributed by atoms with Crippen molar-refractivity contribution in [1.29, 1.82) is 0 Å². The molecule has 0 radical (unpaired) electrons. The first-order valence-corrected chi connectivity index (χ1v) is 10.5. The standard InChI is InChI=1S/C24H28FNO3/c25-20-9-7-18(8-10-20)15-24(27)26(21-11-12-21)16-19-4-3-6-22(14-19)29-17-23-5-1-2-13-28-23/h3-4,6-10,14,21,23H,1-2,5,11-13,15-17H2. The van der Waals surface area contributed by atoms with Crippen LogP contribution in [0.15, 0.2) is 48.5 Å². The van der Waals surface area contributed by atoms with Crippen molar-refractivity contribution in [1.82, 2.24) is 4.90 Å². The van der Waals surface area contributed by atoms with Gasteiger partial charge in [0.2, 0.25) is 5.91 Å². The predicted octanol–water partition coefficient (Wildman–Crippen LogP) is 4.51. The van der Waals surface area contributed by atoms with Gasteiger partial charge in [0.15, 0.2) is 0 Å². The number of carbonyl (C=O) groups excluding carboxylic acids is 1. The second kappa shape index (κ2) is 9.40. The highest BCUT2D eigenvalue weighted by atomic mass is 19.1. The van der Waals surface area contributed by atoms with E-state index in [2.05, 4.69) is 0 Å². The van der Waals surface area contributed by atoms with Crippen LogP contribution in [0, 0.1) is 5.82 Å². The fraction of sp³-hybridized carbons (Fsp3) is 0.458. The van der Waals surface area contributed by atoms with Gasteiger partial charge in [-0.3, -0.25) is 4.79 Å². The summed E-state index contributed by atoms with van der Waals surface area (Å²) in [6.07, 6.45) is 5.94. The van der Waals surface area contributed by atoms with Crippen molar-refractivity contribution < 1.29 is 18.7 Å². The number of rotatable bonds is 8. The number of hydrogen-bond acceptors (Lipinski definition) is 3. The van der Waals surface area contributed by atoms with Gasteiger partial charge >= 0.3 is 0 Å². The maximum Gasteiger partial charge on any atom is 0.227 e. The highest BCUT2D eigenvalue weighted by molar-refractivity contribution is 5.79. The van der Waals surface area contributed by atoms with Crippen LogP contribution in [-0.4, -0.2) is 36.2 Å². The molecule has 0 spiro atoms. The molecule has 1 amide bonds. The molecule has 1 atom stereocenters. The smallest absolute Gasteiger partial charge is 0.227 e. The molecule has 2 fully saturated rings. The second-order valence-electron chi connectivity index (χ2n) is 8.00. The maximum absolute atomic E-state index is 13.1. The van der Waals surface area contributed by atoms with Crippen LogP contribution >= 0.6 is 0 Å². The molecular weight excluding hydrogens is 369 g/mol. The molecule has 29 heavy (non-hydrogen) atoms. The van der Waals surface area contributed by atoms with Gasteiger partial charge in [-0.2, -0.15) is 0 Å². The molecule has 1 aliphatic carbocycles. The molecule has 2 aromatic rings. The molecule has 4 rings (SSSR count). The van der Waals surface area contributed by atoms with Crippen LogP contribution in [0.25, 0.3) is 0 Å². The lowest BCUT2D eigenvalue weighted by molar-refractivity contribution is -0.131. The lowest BCUT2D eigenvalue weighted by atomic mass is 10.1. The monoisotopic (exact) mass is 397 g/mol. The summed E-state index contributed by atoms with van der Waals surface area (Å²) in [5, 5.41) is 0. The average Bonchev–Trinajstić information content (AvgIpc) is 3.58.